The maximum absolute atomic E-state index is 9.38. The van der Waals surface area contributed by atoms with Gasteiger partial charge < -0.3 is 15.5 Å². The molecule has 0 atom stereocenters. The maximum Gasteiger partial charge on any atom is 0.0647 e. The summed E-state index contributed by atoms with van der Waals surface area (Å²) in [5, 5.41) is 22.2. The highest BCUT2D eigenvalue weighted by Crippen LogP contribution is 2.27. The van der Waals surface area contributed by atoms with Crippen LogP contribution in [-0.4, -0.2) is 35.0 Å². The fraction of sp³-hybridized carbons (Fsp3) is 1.00. The Morgan fingerprint density at radius 2 is 1.62 bits per heavy atom. The van der Waals surface area contributed by atoms with Crippen molar-refractivity contribution in [3.8, 4) is 0 Å². The third kappa shape index (κ3) is 3.44. The van der Waals surface area contributed by atoms with Crippen LogP contribution in [0.15, 0.2) is 0 Å². The Labute approximate surface area is 99.3 Å². The summed E-state index contributed by atoms with van der Waals surface area (Å²) >= 11 is 0. The zero-order chi connectivity index (χ0) is 12.0. The monoisotopic (exact) mass is 229 g/mol. The van der Waals surface area contributed by atoms with E-state index in [0.29, 0.717) is 6.04 Å². The first-order chi connectivity index (χ1) is 7.69. The predicted molar refractivity (Wildman–Crippen MR) is 66.4 cm³/mol. The van der Waals surface area contributed by atoms with Gasteiger partial charge in [-0.3, -0.25) is 0 Å². The second-order valence-electron chi connectivity index (χ2n) is 5.22. The predicted octanol–water partition coefficient (Wildman–Crippen LogP) is 1.68. The summed E-state index contributed by atoms with van der Waals surface area (Å²) in [5.74, 6) is 0.886. The van der Waals surface area contributed by atoms with Crippen LogP contribution >= 0.6 is 0 Å². The molecule has 0 aliphatic heterocycles. The lowest BCUT2D eigenvalue weighted by atomic mass is 9.83. The summed E-state index contributed by atoms with van der Waals surface area (Å²) in [6, 6.07) is 0.474. The Bertz CT molecular complexity index is 176. The molecule has 0 aromatic rings. The molecule has 0 bridgehead atoms. The van der Waals surface area contributed by atoms with E-state index in [4.69, 9.17) is 0 Å². The second kappa shape index (κ2) is 6.58. The molecule has 0 unspecified atom stereocenters. The minimum Gasteiger partial charge on any atom is -0.394 e. The van der Waals surface area contributed by atoms with E-state index in [1.165, 1.54) is 32.1 Å². The fourth-order valence-electron chi connectivity index (χ4n) is 2.62. The number of hydrogen-bond acceptors (Lipinski definition) is 3. The molecule has 0 radical (unpaired) electrons. The average molecular weight is 229 g/mol. The van der Waals surface area contributed by atoms with E-state index in [1.54, 1.807) is 0 Å². The summed E-state index contributed by atoms with van der Waals surface area (Å²) in [4.78, 5) is 0. The lowest BCUT2D eigenvalue weighted by Gasteiger charge is -2.37. The Morgan fingerprint density at radius 3 is 2.00 bits per heavy atom. The number of aliphatic hydroxyl groups excluding tert-OH is 2. The smallest absolute Gasteiger partial charge is 0.0647 e. The van der Waals surface area contributed by atoms with Gasteiger partial charge >= 0.3 is 0 Å². The van der Waals surface area contributed by atoms with Gasteiger partial charge in [0.2, 0.25) is 0 Å². The van der Waals surface area contributed by atoms with Gasteiger partial charge in [-0.25, -0.2) is 0 Å². The highest BCUT2D eigenvalue weighted by Gasteiger charge is 2.31. The molecular formula is C13H27NO2. The molecule has 0 spiro atoms. The Balaban J connectivity index is 2.42. The number of hydrogen-bond donors (Lipinski definition) is 3. The van der Waals surface area contributed by atoms with E-state index in [9.17, 15) is 10.2 Å². The molecule has 1 aliphatic carbocycles. The summed E-state index contributed by atoms with van der Waals surface area (Å²) in [6.07, 6.45) is 6.98. The molecule has 1 fully saturated rings. The van der Waals surface area contributed by atoms with Gasteiger partial charge in [0.25, 0.3) is 0 Å². The quantitative estimate of drug-likeness (QED) is 0.649. The first-order valence-electron chi connectivity index (χ1n) is 6.69. The normalized spacial score (nSPS) is 27.0. The van der Waals surface area contributed by atoms with E-state index in [2.05, 4.69) is 12.2 Å². The zero-order valence-electron chi connectivity index (χ0n) is 10.7. The van der Waals surface area contributed by atoms with Gasteiger partial charge in [0, 0.05) is 6.04 Å². The van der Waals surface area contributed by atoms with Gasteiger partial charge in [-0.05, 0) is 38.0 Å². The molecule has 3 nitrogen and oxygen atoms in total. The van der Waals surface area contributed by atoms with E-state index >= 15 is 0 Å². The minimum absolute atomic E-state index is 0.0215. The van der Waals surface area contributed by atoms with Crippen LogP contribution in [0.1, 0.15) is 52.4 Å². The molecule has 3 N–H and O–H groups in total. The molecule has 16 heavy (non-hydrogen) atoms. The SMILES string of the molecule is CCC1CCC(NC(CC)(CO)CO)CC1. The largest absolute Gasteiger partial charge is 0.394 e. The standard InChI is InChI=1S/C13H27NO2/c1-3-11-5-7-12(8-6-11)14-13(4-2,9-15)10-16/h11-12,14-16H,3-10H2,1-2H3. The average Bonchev–Trinajstić information content (AvgIpc) is 2.37. The van der Waals surface area contributed by atoms with Crippen LogP contribution in [-0.2, 0) is 0 Å². The molecule has 1 rings (SSSR count). The Morgan fingerprint density at radius 1 is 1.06 bits per heavy atom. The molecular weight excluding hydrogens is 202 g/mol. The Hall–Kier alpha value is -0.120. The highest BCUT2D eigenvalue weighted by atomic mass is 16.3. The van der Waals surface area contributed by atoms with Crippen molar-refractivity contribution < 1.29 is 10.2 Å². The lowest BCUT2D eigenvalue weighted by Crippen LogP contribution is -2.56. The molecule has 3 heteroatoms. The van der Waals surface area contributed by atoms with Crippen LogP contribution in [0.2, 0.25) is 0 Å². The molecule has 96 valence electrons. The van der Waals surface area contributed by atoms with Gasteiger partial charge in [0.1, 0.15) is 0 Å². The first kappa shape index (κ1) is 13.9. The third-order valence-electron chi connectivity index (χ3n) is 4.22. The van der Waals surface area contributed by atoms with Gasteiger partial charge in [-0.2, -0.15) is 0 Å². The molecule has 1 aliphatic rings. The summed E-state index contributed by atoms with van der Waals surface area (Å²) < 4.78 is 0. The lowest BCUT2D eigenvalue weighted by molar-refractivity contribution is 0.0695. The number of rotatable bonds is 6. The van der Waals surface area contributed by atoms with Gasteiger partial charge in [0.05, 0.1) is 18.8 Å². The topological polar surface area (TPSA) is 52.5 Å². The van der Waals surface area contributed by atoms with Crippen molar-refractivity contribution in [2.24, 2.45) is 5.92 Å². The van der Waals surface area contributed by atoms with Crippen LogP contribution in [0.25, 0.3) is 0 Å². The van der Waals surface area contributed by atoms with Crippen LogP contribution < -0.4 is 5.32 Å². The van der Waals surface area contributed by atoms with Crippen LogP contribution in [0.5, 0.6) is 0 Å². The molecule has 0 aromatic heterocycles. The van der Waals surface area contributed by atoms with Crippen molar-refractivity contribution in [1.82, 2.24) is 5.32 Å². The summed E-state index contributed by atoms with van der Waals surface area (Å²) in [6.45, 7) is 4.31. The molecule has 1 saturated carbocycles. The Kier molecular flexibility index (Phi) is 5.73. The van der Waals surface area contributed by atoms with Crippen molar-refractivity contribution in [3.05, 3.63) is 0 Å². The van der Waals surface area contributed by atoms with Crippen molar-refractivity contribution in [2.45, 2.75) is 64.0 Å². The number of aliphatic hydroxyl groups is 2. The van der Waals surface area contributed by atoms with E-state index < -0.39 is 5.54 Å². The second-order valence-corrected chi connectivity index (χ2v) is 5.22. The van der Waals surface area contributed by atoms with Crippen molar-refractivity contribution in [2.75, 3.05) is 13.2 Å². The van der Waals surface area contributed by atoms with E-state index in [1.807, 2.05) is 6.92 Å². The van der Waals surface area contributed by atoms with Crippen molar-refractivity contribution >= 4 is 0 Å². The molecule has 0 amide bonds. The van der Waals surface area contributed by atoms with E-state index in [0.717, 1.165) is 12.3 Å². The van der Waals surface area contributed by atoms with Crippen LogP contribution in [0.4, 0.5) is 0 Å². The highest BCUT2D eigenvalue weighted by molar-refractivity contribution is 4.90. The third-order valence-corrected chi connectivity index (χ3v) is 4.22. The molecule has 0 saturated heterocycles. The zero-order valence-corrected chi connectivity index (χ0v) is 10.7. The van der Waals surface area contributed by atoms with Crippen LogP contribution in [0, 0.1) is 5.92 Å². The molecule has 0 heterocycles. The van der Waals surface area contributed by atoms with E-state index in [-0.39, 0.29) is 13.2 Å². The fourth-order valence-corrected chi connectivity index (χ4v) is 2.62. The van der Waals surface area contributed by atoms with Crippen molar-refractivity contribution in [3.63, 3.8) is 0 Å². The van der Waals surface area contributed by atoms with Gasteiger partial charge in [-0.1, -0.05) is 20.3 Å². The van der Waals surface area contributed by atoms with Crippen molar-refractivity contribution in [1.29, 1.82) is 0 Å². The minimum atomic E-state index is -0.469. The maximum atomic E-state index is 9.38. The summed E-state index contributed by atoms with van der Waals surface area (Å²) in [5.41, 5.74) is -0.469. The summed E-state index contributed by atoms with van der Waals surface area (Å²) in [7, 11) is 0. The van der Waals surface area contributed by atoms with Gasteiger partial charge in [0.15, 0.2) is 0 Å². The number of nitrogens with one attached hydrogen (secondary N) is 1. The van der Waals surface area contributed by atoms with Crippen LogP contribution in [0.3, 0.4) is 0 Å². The first-order valence-corrected chi connectivity index (χ1v) is 6.69. The molecule has 0 aromatic carbocycles. The van der Waals surface area contributed by atoms with Gasteiger partial charge in [-0.15, -0.1) is 0 Å².